The van der Waals surface area contributed by atoms with Crippen molar-refractivity contribution in [3.63, 3.8) is 0 Å². The Morgan fingerprint density at radius 3 is 2.60 bits per heavy atom. The van der Waals surface area contributed by atoms with Gasteiger partial charge in [-0.05, 0) is 19.3 Å². The average Bonchev–Trinajstić information content (AvgIpc) is 2.42. The lowest BCUT2D eigenvalue weighted by Gasteiger charge is -2.36. The molecule has 2 aliphatic heterocycles. The number of carbonyl (C=O) groups is 3. The second-order valence-electron chi connectivity index (χ2n) is 5.04. The van der Waals surface area contributed by atoms with E-state index < -0.39 is 17.4 Å². The molecule has 0 aromatic heterocycles. The predicted molar refractivity (Wildman–Crippen MR) is 73.6 cm³/mol. The van der Waals surface area contributed by atoms with Crippen LogP contribution < -0.4 is 16.4 Å². The SMILES string of the molecule is NC(=S)C1(C(=O)NC2CCC(=O)NC2=O)CCOCC1. The standard InChI is InChI=1S/C12H17N3O4S/c13-10(20)12(3-5-19-6-4-12)11(18)14-7-1-2-8(16)15-9(7)17/h7H,1-6H2,(H2,13,20)(H,14,18)(H,15,16,17). The molecule has 1 unspecified atom stereocenters. The van der Waals surface area contributed by atoms with Gasteiger partial charge >= 0.3 is 0 Å². The molecule has 3 amide bonds. The molecular weight excluding hydrogens is 282 g/mol. The minimum atomic E-state index is -0.963. The number of imide groups is 1. The lowest BCUT2D eigenvalue weighted by atomic mass is 9.79. The fraction of sp³-hybridized carbons (Fsp3) is 0.667. The normalized spacial score (nSPS) is 25.7. The number of carbonyl (C=O) groups excluding carboxylic acids is 3. The van der Waals surface area contributed by atoms with Crippen LogP contribution in [0.1, 0.15) is 25.7 Å². The zero-order valence-electron chi connectivity index (χ0n) is 10.9. The molecule has 7 nitrogen and oxygen atoms in total. The van der Waals surface area contributed by atoms with Gasteiger partial charge in [-0.15, -0.1) is 0 Å². The number of amides is 3. The van der Waals surface area contributed by atoms with Gasteiger partial charge in [-0.1, -0.05) is 12.2 Å². The molecule has 2 rings (SSSR count). The van der Waals surface area contributed by atoms with Crippen molar-refractivity contribution in [3.8, 4) is 0 Å². The third kappa shape index (κ3) is 2.80. The lowest BCUT2D eigenvalue weighted by Crippen LogP contribution is -2.58. The van der Waals surface area contributed by atoms with Crippen molar-refractivity contribution in [1.29, 1.82) is 0 Å². The first-order valence-corrected chi connectivity index (χ1v) is 6.89. The molecule has 2 fully saturated rings. The number of ether oxygens (including phenoxy) is 1. The van der Waals surface area contributed by atoms with Crippen molar-refractivity contribution in [3.05, 3.63) is 0 Å². The van der Waals surface area contributed by atoms with E-state index in [1.165, 1.54) is 0 Å². The third-order valence-electron chi connectivity index (χ3n) is 3.80. The number of nitrogens with one attached hydrogen (secondary N) is 2. The maximum Gasteiger partial charge on any atom is 0.249 e. The van der Waals surface area contributed by atoms with E-state index in [9.17, 15) is 14.4 Å². The highest BCUT2D eigenvalue weighted by molar-refractivity contribution is 7.80. The fourth-order valence-electron chi connectivity index (χ4n) is 2.43. The van der Waals surface area contributed by atoms with Crippen LogP contribution in [0.15, 0.2) is 0 Å². The second-order valence-corrected chi connectivity index (χ2v) is 5.48. The Bertz CT molecular complexity index is 460. The third-order valence-corrected chi connectivity index (χ3v) is 4.19. The van der Waals surface area contributed by atoms with E-state index in [0.29, 0.717) is 32.5 Å². The summed E-state index contributed by atoms with van der Waals surface area (Å²) in [5.74, 6) is -1.17. The summed E-state index contributed by atoms with van der Waals surface area (Å²) in [6.07, 6.45) is 1.31. The Kier molecular flexibility index (Phi) is 4.34. The molecule has 0 spiro atoms. The number of hydrogen-bond acceptors (Lipinski definition) is 5. The van der Waals surface area contributed by atoms with Gasteiger partial charge in [0.25, 0.3) is 0 Å². The summed E-state index contributed by atoms with van der Waals surface area (Å²) < 4.78 is 5.23. The van der Waals surface area contributed by atoms with Gasteiger partial charge in [0.2, 0.25) is 17.7 Å². The van der Waals surface area contributed by atoms with Crippen molar-refractivity contribution in [2.75, 3.05) is 13.2 Å². The van der Waals surface area contributed by atoms with Crippen LogP contribution in [0, 0.1) is 5.41 Å². The van der Waals surface area contributed by atoms with Crippen LogP contribution in [-0.2, 0) is 19.1 Å². The smallest absolute Gasteiger partial charge is 0.249 e. The summed E-state index contributed by atoms with van der Waals surface area (Å²) in [5.41, 5.74) is 4.76. The first kappa shape index (κ1) is 14.9. The number of thiocarbonyl (C=S) groups is 1. The van der Waals surface area contributed by atoms with Crippen LogP contribution in [0.3, 0.4) is 0 Å². The molecule has 2 heterocycles. The van der Waals surface area contributed by atoms with Crippen molar-refractivity contribution >= 4 is 34.9 Å². The van der Waals surface area contributed by atoms with E-state index in [4.69, 9.17) is 22.7 Å². The van der Waals surface area contributed by atoms with Crippen LogP contribution in [0.4, 0.5) is 0 Å². The molecule has 0 aromatic rings. The highest BCUT2D eigenvalue weighted by Crippen LogP contribution is 2.31. The first-order chi connectivity index (χ1) is 9.45. The molecule has 2 aliphatic rings. The largest absolute Gasteiger partial charge is 0.392 e. The van der Waals surface area contributed by atoms with Crippen LogP contribution >= 0.6 is 12.2 Å². The molecule has 110 valence electrons. The molecule has 1 atom stereocenters. The number of nitrogens with two attached hydrogens (primary N) is 1. The summed E-state index contributed by atoms with van der Waals surface area (Å²) in [5, 5.41) is 4.85. The maximum atomic E-state index is 12.5. The van der Waals surface area contributed by atoms with Gasteiger partial charge in [-0.25, -0.2) is 0 Å². The molecule has 2 saturated heterocycles. The molecule has 0 bridgehead atoms. The molecular formula is C12H17N3O4S. The molecule has 0 saturated carbocycles. The van der Waals surface area contributed by atoms with Crippen LogP contribution in [-0.4, -0.2) is 42.0 Å². The molecule has 0 aromatic carbocycles. The molecule has 0 aliphatic carbocycles. The van der Waals surface area contributed by atoms with Gasteiger partial charge in [0.05, 0.1) is 4.99 Å². The van der Waals surface area contributed by atoms with Crippen LogP contribution in [0.25, 0.3) is 0 Å². The average molecular weight is 299 g/mol. The van der Waals surface area contributed by atoms with E-state index in [1.54, 1.807) is 0 Å². The van der Waals surface area contributed by atoms with Crippen molar-refractivity contribution in [2.45, 2.75) is 31.7 Å². The molecule has 0 radical (unpaired) electrons. The quantitative estimate of drug-likeness (QED) is 0.455. The van der Waals surface area contributed by atoms with Crippen LogP contribution in [0.5, 0.6) is 0 Å². The van der Waals surface area contributed by atoms with Crippen molar-refractivity contribution in [2.24, 2.45) is 11.1 Å². The monoisotopic (exact) mass is 299 g/mol. The van der Waals surface area contributed by atoms with Gasteiger partial charge < -0.3 is 15.8 Å². The Morgan fingerprint density at radius 2 is 2.05 bits per heavy atom. The summed E-state index contributed by atoms with van der Waals surface area (Å²) in [4.78, 5) is 35.3. The van der Waals surface area contributed by atoms with E-state index >= 15 is 0 Å². The highest BCUT2D eigenvalue weighted by Gasteiger charge is 2.44. The van der Waals surface area contributed by atoms with Gasteiger partial charge in [-0.2, -0.15) is 0 Å². The van der Waals surface area contributed by atoms with Gasteiger partial charge in [-0.3, -0.25) is 19.7 Å². The second kappa shape index (κ2) is 5.84. The highest BCUT2D eigenvalue weighted by atomic mass is 32.1. The number of rotatable bonds is 3. The summed E-state index contributed by atoms with van der Waals surface area (Å²) in [6, 6.07) is -0.714. The topological polar surface area (TPSA) is 111 Å². The molecule has 4 N–H and O–H groups in total. The maximum absolute atomic E-state index is 12.5. The fourth-order valence-corrected chi connectivity index (χ4v) is 2.73. The van der Waals surface area contributed by atoms with Crippen molar-refractivity contribution in [1.82, 2.24) is 10.6 Å². The van der Waals surface area contributed by atoms with E-state index in [-0.39, 0.29) is 23.2 Å². The van der Waals surface area contributed by atoms with Gasteiger partial charge in [0.1, 0.15) is 11.5 Å². The predicted octanol–water partition coefficient (Wildman–Crippen LogP) is -1.01. The Morgan fingerprint density at radius 1 is 1.40 bits per heavy atom. The molecule has 8 heteroatoms. The zero-order valence-corrected chi connectivity index (χ0v) is 11.8. The summed E-state index contributed by atoms with van der Waals surface area (Å²) >= 11 is 5.03. The van der Waals surface area contributed by atoms with Crippen LogP contribution in [0.2, 0.25) is 0 Å². The Hall–Kier alpha value is -1.54. The Labute approximate surface area is 121 Å². The van der Waals surface area contributed by atoms with E-state index in [0.717, 1.165) is 0 Å². The summed E-state index contributed by atoms with van der Waals surface area (Å²) in [6.45, 7) is 0.806. The van der Waals surface area contributed by atoms with E-state index in [2.05, 4.69) is 10.6 Å². The summed E-state index contributed by atoms with van der Waals surface area (Å²) in [7, 11) is 0. The van der Waals surface area contributed by atoms with Crippen molar-refractivity contribution < 1.29 is 19.1 Å². The van der Waals surface area contributed by atoms with Gasteiger partial charge in [0, 0.05) is 19.6 Å². The number of hydrogen-bond donors (Lipinski definition) is 3. The lowest BCUT2D eigenvalue weighted by molar-refractivity contribution is -0.140. The Balaban J connectivity index is 2.07. The zero-order chi connectivity index (χ0) is 14.8. The first-order valence-electron chi connectivity index (χ1n) is 6.48. The molecule has 20 heavy (non-hydrogen) atoms. The minimum Gasteiger partial charge on any atom is -0.392 e. The number of piperidine rings is 1. The van der Waals surface area contributed by atoms with E-state index in [1.807, 2.05) is 0 Å². The van der Waals surface area contributed by atoms with Gasteiger partial charge in [0.15, 0.2) is 0 Å². The minimum absolute atomic E-state index is 0.116.